The molecule has 138 valence electrons. The van der Waals surface area contributed by atoms with Crippen LogP contribution in [0.4, 0.5) is 0 Å². The standard InChI is InChI=1S/C20H25N3O3/c1-14-3-5-16(6-4-14)19(13-23-7-9-26-10-8-23)22-20(25)18-11-17(12-21-18)15(2)24/h3-6,11-12,19,21H,7-10,13H2,1-2H3,(H,22,25)/p+1/t19-/m0/s1. The Morgan fingerprint density at radius 3 is 2.54 bits per heavy atom. The van der Waals surface area contributed by atoms with Crippen molar-refractivity contribution in [2.75, 3.05) is 32.8 Å². The minimum atomic E-state index is -0.198. The minimum Gasteiger partial charge on any atom is -0.370 e. The van der Waals surface area contributed by atoms with Crippen molar-refractivity contribution in [3.8, 4) is 0 Å². The molecule has 0 radical (unpaired) electrons. The molecule has 0 aliphatic carbocycles. The number of morpholine rings is 1. The first-order chi connectivity index (χ1) is 12.5. The average molecular weight is 356 g/mol. The molecule has 6 heteroatoms. The van der Waals surface area contributed by atoms with Crippen molar-refractivity contribution < 1.29 is 19.2 Å². The Morgan fingerprint density at radius 2 is 1.92 bits per heavy atom. The van der Waals surface area contributed by atoms with E-state index in [0.29, 0.717) is 11.3 Å². The van der Waals surface area contributed by atoms with Gasteiger partial charge < -0.3 is 19.9 Å². The van der Waals surface area contributed by atoms with E-state index in [0.717, 1.165) is 38.4 Å². The number of H-pyrrole nitrogens is 1. The van der Waals surface area contributed by atoms with Crippen LogP contribution < -0.4 is 10.2 Å². The number of ketones is 1. The molecule has 1 amide bonds. The molecule has 0 saturated carbocycles. The van der Waals surface area contributed by atoms with Gasteiger partial charge in [-0.15, -0.1) is 0 Å². The zero-order chi connectivity index (χ0) is 18.5. The van der Waals surface area contributed by atoms with Crippen LogP contribution in [0.15, 0.2) is 36.5 Å². The molecule has 0 spiro atoms. The summed E-state index contributed by atoms with van der Waals surface area (Å²) in [6.45, 7) is 7.72. The third kappa shape index (κ3) is 4.59. The summed E-state index contributed by atoms with van der Waals surface area (Å²) in [6, 6.07) is 9.76. The number of aryl methyl sites for hydroxylation is 1. The number of nitrogens with one attached hydrogen (secondary N) is 3. The molecule has 2 heterocycles. The highest BCUT2D eigenvalue weighted by Gasteiger charge is 2.24. The molecule has 0 unspecified atom stereocenters. The Balaban J connectivity index is 1.76. The SMILES string of the molecule is CC(=O)c1c[nH]c(C(=O)N[C@@H](C[NH+]2CCOCC2)c2ccc(C)cc2)c1. The lowest BCUT2D eigenvalue weighted by atomic mass is 10.0. The maximum atomic E-state index is 12.7. The smallest absolute Gasteiger partial charge is 0.268 e. The number of quaternary nitrogens is 1. The van der Waals surface area contributed by atoms with Gasteiger partial charge in [0, 0.05) is 11.8 Å². The highest BCUT2D eigenvalue weighted by atomic mass is 16.5. The summed E-state index contributed by atoms with van der Waals surface area (Å²) in [4.78, 5) is 28.4. The third-order valence-corrected chi connectivity index (χ3v) is 4.81. The Kier molecular flexibility index (Phi) is 5.85. The number of carbonyl (C=O) groups excluding carboxylic acids is 2. The van der Waals surface area contributed by atoms with E-state index >= 15 is 0 Å². The molecule has 3 rings (SSSR count). The van der Waals surface area contributed by atoms with Gasteiger partial charge in [0.2, 0.25) is 0 Å². The first kappa shape index (κ1) is 18.4. The fourth-order valence-electron chi connectivity index (χ4n) is 3.17. The molecule has 1 aromatic heterocycles. The fourth-order valence-corrected chi connectivity index (χ4v) is 3.17. The summed E-state index contributed by atoms with van der Waals surface area (Å²) in [5, 5.41) is 3.13. The van der Waals surface area contributed by atoms with E-state index in [-0.39, 0.29) is 17.7 Å². The van der Waals surface area contributed by atoms with Gasteiger partial charge in [-0.25, -0.2) is 0 Å². The molecule has 6 nitrogen and oxygen atoms in total. The van der Waals surface area contributed by atoms with Crippen LogP contribution in [-0.4, -0.2) is 49.5 Å². The first-order valence-electron chi connectivity index (χ1n) is 9.01. The van der Waals surface area contributed by atoms with Crippen molar-refractivity contribution in [2.24, 2.45) is 0 Å². The zero-order valence-corrected chi connectivity index (χ0v) is 15.3. The predicted octanol–water partition coefficient (Wildman–Crippen LogP) is 0.912. The number of aromatic nitrogens is 1. The molecule has 1 aliphatic rings. The first-order valence-corrected chi connectivity index (χ1v) is 9.01. The van der Waals surface area contributed by atoms with Gasteiger partial charge in [-0.2, -0.15) is 0 Å². The van der Waals surface area contributed by atoms with E-state index in [1.807, 2.05) is 6.92 Å². The van der Waals surface area contributed by atoms with Crippen molar-refractivity contribution in [1.82, 2.24) is 10.3 Å². The predicted molar refractivity (Wildman–Crippen MR) is 98.6 cm³/mol. The molecule has 1 aliphatic heterocycles. The molecule has 1 aromatic carbocycles. The van der Waals surface area contributed by atoms with Gasteiger partial charge in [-0.3, -0.25) is 9.59 Å². The van der Waals surface area contributed by atoms with Crippen LogP contribution in [0, 0.1) is 6.92 Å². The zero-order valence-electron chi connectivity index (χ0n) is 15.3. The van der Waals surface area contributed by atoms with Gasteiger partial charge >= 0.3 is 0 Å². The number of Topliss-reactive ketones (excluding diaryl/α,β-unsaturated/α-hetero) is 1. The second kappa shape index (κ2) is 8.29. The molecular formula is C20H26N3O3+. The molecule has 1 saturated heterocycles. The number of hydrogen-bond donors (Lipinski definition) is 3. The lowest BCUT2D eigenvalue weighted by Gasteiger charge is -2.28. The Hall–Kier alpha value is -2.44. The van der Waals surface area contributed by atoms with Crippen LogP contribution in [0.3, 0.4) is 0 Å². The van der Waals surface area contributed by atoms with Crippen LogP contribution in [0.2, 0.25) is 0 Å². The molecule has 2 aromatic rings. The van der Waals surface area contributed by atoms with E-state index in [1.54, 1.807) is 12.3 Å². The third-order valence-electron chi connectivity index (χ3n) is 4.81. The van der Waals surface area contributed by atoms with Gasteiger partial charge in [0.15, 0.2) is 5.78 Å². The maximum absolute atomic E-state index is 12.7. The van der Waals surface area contributed by atoms with Crippen LogP contribution in [0.1, 0.15) is 44.9 Å². The number of ether oxygens (including phenoxy) is 1. The van der Waals surface area contributed by atoms with Gasteiger partial charge in [0.1, 0.15) is 31.4 Å². The summed E-state index contributed by atoms with van der Waals surface area (Å²) < 4.78 is 5.43. The number of carbonyl (C=O) groups is 2. The second-order valence-electron chi connectivity index (χ2n) is 6.86. The molecule has 3 N–H and O–H groups in total. The summed E-state index contributed by atoms with van der Waals surface area (Å²) >= 11 is 0. The molecule has 0 bridgehead atoms. The normalized spacial score (nSPS) is 16.2. The summed E-state index contributed by atoms with van der Waals surface area (Å²) in [6.07, 6.45) is 1.57. The monoisotopic (exact) mass is 356 g/mol. The lowest BCUT2D eigenvalue weighted by molar-refractivity contribution is -0.909. The van der Waals surface area contributed by atoms with Gasteiger partial charge in [0.05, 0.1) is 13.2 Å². The van der Waals surface area contributed by atoms with Gasteiger partial charge in [-0.05, 0) is 25.5 Å². The molecule has 1 atom stereocenters. The largest absolute Gasteiger partial charge is 0.370 e. The van der Waals surface area contributed by atoms with Gasteiger partial charge in [-0.1, -0.05) is 29.8 Å². The summed E-state index contributed by atoms with van der Waals surface area (Å²) in [5.41, 5.74) is 3.19. The van der Waals surface area contributed by atoms with Crippen molar-refractivity contribution >= 4 is 11.7 Å². The number of hydrogen-bond acceptors (Lipinski definition) is 3. The van der Waals surface area contributed by atoms with E-state index in [9.17, 15) is 9.59 Å². The van der Waals surface area contributed by atoms with Crippen LogP contribution >= 0.6 is 0 Å². The van der Waals surface area contributed by atoms with Crippen LogP contribution in [0.5, 0.6) is 0 Å². The van der Waals surface area contributed by atoms with Gasteiger partial charge in [0.25, 0.3) is 5.91 Å². The molecule has 26 heavy (non-hydrogen) atoms. The van der Waals surface area contributed by atoms with Crippen LogP contribution in [-0.2, 0) is 4.74 Å². The van der Waals surface area contributed by atoms with E-state index in [2.05, 4.69) is 34.6 Å². The maximum Gasteiger partial charge on any atom is 0.268 e. The van der Waals surface area contributed by atoms with Crippen LogP contribution in [0.25, 0.3) is 0 Å². The Morgan fingerprint density at radius 1 is 1.23 bits per heavy atom. The number of rotatable bonds is 6. The minimum absolute atomic E-state index is 0.0619. The summed E-state index contributed by atoms with van der Waals surface area (Å²) in [5.74, 6) is -0.260. The van der Waals surface area contributed by atoms with Crippen molar-refractivity contribution in [1.29, 1.82) is 0 Å². The molecule has 1 fully saturated rings. The topological polar surface area (TPSA) is 75.6 Å². The number of aromatic amines is 1. The lowest BCUT2D eigenvalue weighted by Crippen LogP contribution is -3.14. The average Bonchev–Trinajstić information content (AvgIpc) is 3.13. The Bertz CT molecular complexity index is 761. The quantitative estimate of drug-likeness (QED) is 0.674. The van der Waals surface area contributed by atoms with Crippen molar-refractivity contribution in [3.05, 3.63) is 58.9 Å². The van der Waals surface area contributed by atoms with Crippen molar-refractivity contribution in [3.63, 3.8) is 0 Å². The second-order valence-corrected chi connectivity index (χ2v) is 6.86. The number of amides is 1. The van der Waals surface area contributed by atoms with E-state index in [1.165, 1.54) is 17.4 Å². The Labute approximate surface area is 153 Å². The fraction of sp³-hybridized carbons (Fsp3) is 0.400. The molecular weight excluding hydrogens is 330 g/mol. The summed E-state index contributed by atoms with van der Waals surface area (Å²) in [7, 11) is 0. The highest BCUT2D eigenvalue weighted by Crippen LogP contribution is 2.14. The van der Waals surface area contributed by atoms with E-state index in [4.69, 9.17) is 4.74 Å². The van der Waals surface area contributed by atoms with Crippen molar-refractivity contribution in [2.45, 2.75) is 19.9 Å². The highest BCUT2D eigenvalue weighted by molar-refractivity contribution is 5.99. The van der Waals surface area contributed by atoms with E-state index < -0.39 is 0 Å². The number of benzene rings is 1.